The van der Waals surface area contributed by atoms with Gasteiger partial charge in [0, 0.05) is 12.4 Å². The Morgan fingerprint density at radius 3 is 2.75 bits per heavy atom. The van der Waals surface area contributed by atoms with Crippen molar-refractivity contribution in [3.05, 3.63) is 36.3 Å². The molecule has 65 valence electrons. The highest BCUT2D eigenvalue weighted by Crippen LogP contribution is 1.99. The topological polar surface area (TPSA) is 47.0 Å². The van der Waals surface area contributed by atoms with Crippen LogP contribution in [0.4, 0.5) is 0 Å². The van der Waals surface area contributed by atoms with Crippen LogP contribution < -0.4 is 0 Å². The lowest BCUT2D eigenvalue weighted by Crippen LogP contribution is -2.03. The standard InChI is InChI=1S/C8H10NO2S/c1-12(10,11)6-4-8-3-2-5-9-7-8/h2-3,5,7H,1,4,6H2. The van der Waals surface area contributed by atoms with Gasteiger partial charge in [-0.3, -0.25) is 4.98 Å². The summed E-state index contributed by atoms with van der Waals surface area (Å²) in [5.74, 6) is 0.0820. The highest BCUT2D eigenvalue weighted by atomic mass is 32.2. The molecule has 0 atom stereocenters. The van der Waals surface area contributed by atoms with E-state index in [0.717, 1.165) is 5.56 Å². The molecule has 0 saturated heterocycles. The lowest BCUT2D eigenvalue weighted by atomic mass is 10.2. The van der Waals surface area contributed by atoms with Crippen molar-refractivity contribution in [2.45, 2.75) is 6.42 Å². The molecule has 0 aromatic carbocycles. The fourth-order valence-electron chi connectivity index (χ4n) is 0.819. The molecule has 0 N–H and O–H groups in total. The fourth-order valence-corrected chi connectivity index (χ4v) is 1.37. The minimum absolute atomic E-state index is 0.0820. The van der Waals surface area contributed by atoms with Crippen LogP contribution in [0.15, 0.2) is 24.5 Å². The summed E-state index contributed by atoms with van der Waals surface area (Å²) in [7, 11) is -3.10. The second-order valence-electron chi connectivity index (χ2n) is 2.56. The highest BCUT2D eigenvalue weighted by Gasteiger charge is 2.02. The largest absolute Gasteiger partial charge is 0.264 e. The van der Waals surface area contributed by atoms with E-state index >= 15 is 0 Å². The predicted octanol–water partition coefficient (Wildman–Crippen LogP) is 0.830. The number of rotatable bonds is 3. The van der Waals surface area contributed by atoms with Gasteiger partial charge in [-0.05, 0) is 18.1 Å². The maximum atomic E-state index is 10.7. The molecular formula is C8H10NO2S. The molecule has 0 aliphatic carbocycles. The summed E-state index contributed by atoms with van der Waals surface area (Å²) < 4.78 is 21.3. The van der Waals surface area contributed by atoms with Crippen molar-refractivity contribution in [2.24, 2.45) is 0 Å². The number of hydrogen-bond donors (Lipinski definition) is 0. The van der Waals surface area contributed by atoms with Crippen molar-refractivity contribution in [2.75, 3.05) is 5.75 Å². The molecule has 0 unspecified atom stereocenters. The molecule has 0 fully saturated rings. The van der Waals surface area contributed by atoms with E-state index in [2.05, 4.69) is 11.2 Å². The Kier molecular flexibility index (Phi) is 2.81. The number of sulfone groups is 1. The molecule has 0 aliphatic heterocycles. The van der Waals surface area contributed by atoms with Gasteiger partial charge in [-0.2, -0.15) is 0 Å². The first-order chi connectivity index (χ1) is 5.58. The lowest BCUT2D eigenvalue weighted by molar-refractivity contribution is 0.603. The zero-order chi connectivity index (χ0) is 9.03. The second-order valence-corrected chi connectivity index (χ2v) is 4.45. The van der Waals surface area contributed by atoms with Gasteiger partial charge in [-0.25, -0.2) is 8.42 Å². The van der Waals surface area contributed by atoms with Crippen LogP contribution in [0.5, 0.6) is 0 Å². The van der Waals surface area contributed by atoms with Crippen LogP contribution >= 0.6 is 0 Å². The first kappa shape index (κ1) is 9.19. The lowest BCUT2D eigenvalue weighted by Gasteiger charge is -1.97. The molecule has 0 spiro atoms. The van der Waals surface area contributed by atoms with E-state index in [1.165, 1.54) is 0 Å². The van der Waals surface area contributed by atoms with Crippen LogP contribution in [-0.2, 0) is 16.3 Å². The zero-order valence-electron chi connectivity index (χ0n) is 6.60. The molecule has 0 bridgehead atoms. The van der Waals surface area contributed by atoms with Crippen molar-refractivity contribution >= 4 is 9.84 Å². The van der Waals surface area contributed by atoms with E-state index in [1.54, 1.807) is 18.5 Å². The first-order valence-corrected chi connectivity index (χ1v) is 5.35. The summed E-state index contributed by atoms with van der Waals surface area (Å²) in [4.78, 5) is 3.87. The van der Waals surface area contributed by atoms with E-state index in [-0.39, 0.29) is 5.75 Å². The van der Waals surface area contributed by atoms with E-state index < -0.39 is 9.84 Å². The average molecular weight is 184 g/mol. The van der Waals surface area contributed by atoms with Gasteiger partial charge in [0.05, 0.1) is 12.0 Å². The van der Waals surface area contributed by atoms with Crippen molar-refractivity contribution in [1.82, 2.24) is 4.98 Å². The van der Waals surface area contributed by atoms with Crippen molar-refractivity contribution in [3.63, 3.8) is 0 Å². The summed E-state index contributed by atoms with van der Waals surface area (Å²) in [6.45, 7) is 0. The Balaban J connectivity index is 2.56. The van der Waals surface area contributed by atoms with Crippen LogP contribution in [0, 0.1) is 6.26 Å². The Morgan fingerprint density at radius 2 is 2.25 bits per heavy atom. The van der Waals surface area contributed by atoms with Crippen LogP contribution in [0.25, 0.3) is 0 Å². The smallest absolute Gasteiger partial charge is 0.151 e. The zero-order valence-corrected chi connectivity index (χ0v) is 7.42. The molecule has 12 heavy (non-hydrogen) atoms. The number of aryl methyl sites for hydroxylation is 1. The summed E-state index contributed by atoms with van der Waals surface area (Å²) in [6, 6.07) is 3.63. The van der Waals surface area contributed by atoms with Crippen LogP contribution in [0.3, 0.4) is 0 Å². The van der Waals surface area contributed by atoms with Gasteiger partial charge in [-0.15, -0.1) is 0 Å². The highest BCUT2D eigenvalue weighted by molar-refractivity contribution is 7.92. The van der Waals surface area contributed by atoms with E-state index in [1.807, 2.05) is 6.07 Å². The molecule has 0 aliphatic rings. The molecule has 0 amide bonds. The molecule has 1 radical (unpaired) electrons. The van der Waals surface area contributed by atoms with Gasteiger partial charge in [-0.1, -0.05) is 6.07 Å². The van der Waals surface area contributed by atoms with Crippen molar-refractivity contribution in [3.8, 4) is 0 Å². The maximum absolute atomic E-state index is 10.7. The van der Waals surface area contributed by atoms with Gasteiger partial charge in [0.1, 0.15) is 0 Å². The fraction of sp³-hybridized carbons (Fsp3) is 0.250. The van der Waals surface area contributed by atoms with Gasteiger partial charge in [0.15, 0.2) is 9.84 Å². The van der Waals surface area contributed by atoms with Gasteiger partial charge < -0.3 is 0 Å². The van der Waals surface area contributed by atoms with Crippen LogP contribution in [-0.4, -0.2) is 19.2 Å². The number of nitrogens with zero attached hydrogens (tertiary/aromatic N) is 1. The Hall–Kier alpha value is -0.900. The normalized spacial score (nSPS) is 11.4. The number of pyridine rings is 1. The van der Waals surface area contributed by atoms with Crippen molar-refractivity contribution in [1.29, 1.82) is 0 Å². The summed E-state index contributed by atoms with van der Waals surface area (Å²) in [6.07, 6.45) is 6.84. The summed E-state index contributed by atoms with van der Waals surface area (Å²) in [5.41, 5.74) is 0.921. The SMILES string of the molecule is [CH2]S(=O)(=O)CCc1cccnc1. The molecular weight excluding hydrogens is 174 g/mol. The van der Waals surface area contributed by atoms with Crippen molar-refractivity contribution < 1.29 is 8.42 Å². The molecule has 3 nitrogen and oxygen atoms in total. The van der Waals surface area contributed by atoms with E-state index in [9.17, 15) is 8.42 Å². The Bertz CT molecular complexity index is 331. The summed E-state index contributed by atoms with van der Waals surface area (Å²) in [5, 5.41) is 0. The first-order valence-electron chi connectivity index (χ1n) is 3.52. The molecule has 1 aromatic heterocycles. The number of aromatic nitrogens is 1. The third-order valence-corrected chi connectivity index (χ3v) is 2.25. The molecule has 1 rings (SSSR count). The molecule has 1 heterocycles. The van der Waals surface area contributed by atoms with Gasteiger partial charge in [0.2, 0.25) is 0 Å². The van der Waals surface area contributed by atoms with Gasteiger partial charge in [0.25, 0.3) is 0 Å². The minimum atomic E-state index is -3.10. The molecule has 4 heteroatoms. The van der Waals surface area contributed by atoms with E-state index in [0.29, 0.717) is 6.42 Å². The van der Waals surface area contributed by atoms with E-state index in [4.69, 9.17) is 0 Å². The van der Waals surface area contributed by atoms with Crippen LogP contribution in [0.2, 0.25) is 0 Å². The predicted molar refractivity (Wildman–Crippen MR) is 47.1 cm³/mol. The third-order valence-electron chi connectivity index (χ3n) is 1.42. The van der Waals surface area contributed by atoms with Gasteiger partial charge >= 0.3 is 0 Å². The molecule has 1 aromatic rings. The van der Waals surface area contributed by atoms with Crippen LogP contribution in [0.1, 0.15) is 5.56 Å². The number of hydrogen-bond acceptors (Lipinski definition) is 3. The quantitative estimate of drug-likeness (QED) is 0.699. The monoisotopic (exact) mass is 184 g/mol. The Labute approximate surface area is 72.4 Å². The minimum Gasteiger partial charge on any atom is -0.264 e. The summed E-state index contributed by atoms with van der Waals surface area (Å²) >= 11 is 0. The second kappa shape index (κ2) is 3.67. The third kappa shape index (κ3) is 3.48. The molecule has 0 saturated carbocycles. The Morgan fingerprint density at radius 1 is 1.50 bits per heavy atom. The average Bonchev–Trinajstić information content (AvgIpc) is 2.02. The maximum Gasteiger partial charge on any atom is 0.151 e.